The molecule has 2 fully saturated rings. The van der Waals surface area contributed by atoms with E-state index in [4.69, 9.17) is 0 Å². The van der Waals surface area contributed by atoms with Crippen LogP contribution in [0.3, 0.4) is 0 Å². The SMILES string of the molecule is FC1CCCCN(C2CCC2)C1. The van der Waals surface area contributed by atoms with Crippen molar-refractivity contribution in [3.05, 3.63) is 0 Å². The van der Waals surface area contributed by atoms with Gasteiger partial charge in [-0.1, -0.05) is 6.42 Å². The number of alkyl halides is 1. The molecule has 1 aliphatic carbocycles. The Morgan fingerprint density at radius 1 is 1.00 bits per heavy atom. The maximum atomic E-state index is 13.2. The summed E-state index contributed by atoms with van der Waals surface area (Å²) in [6, 6.07) is 0.737. The fourth-order valence-electron chi connectivity index (χ4n) is 2.20. The number of halogens is 1. The van der Waals surface area contributed by atoms with Crippen molar-refractivity contribution in [2.75, 3.05) is 13.1 Å². The van der Waals surface area contributed by atoms with E-state index < -0.39 is 6.17 Å². The Balaban J connectivity index is 1.85. The molecule has 0 aromatic rings. The normalized spacial score (nSPS) is 34.2. The van der Waals surface area contributed by atoms with E-state index in [0.717, 1.165) is 25.4 Å². The molecule has 2 rings (SSSR count). The van der Waals surface area contributed by atoms with Gasteiger partial charge in [-0.05, 0) is 38.6 Å². The van der Waals surface area contributed by atoms with Gasteiger partial charge in [0.15, 0.2) is 0 Å². The Morgan fingerprint density at radius 2 is 1.83 bits per heavy atom. The van der Waals surface area contributed by atoms with Gasteiger partial charge in [0.1, 0.15) is 6.17 Å². The van der Waals surface area contributed by atoms with Crippen molar-refractivity contribution in [2.45, 2.75) is 50.7 Å². The summed E-state index contributed by atoms with van der Waals surface area (Å²) in [5.41, 5.74) is 0. The lowest BCUT2D eigenvalue weighted by Gasteiger charge is -2.37. The van der Waals surface area contributed by atoms with E-state index in [-0.39, 0.29) is 0 Å². The molecule has 0 spiro atoms. The first-order valence-corrected chi connectivity index (χ1v) is 5.24. The average Bonchev–Trinajstić information content (AvgIpc) is 2.10. The van der Waals surface area contributed by atoms with Gasteiger partial charge in [0, 0.05) is 12.6 Å². The van der Waals surface area contributed by atoms with Crippen molar-refractivity contribution in [1.29, 1.82) is 0 Å². The quantitative estimate of drug-likeness (QED) is 0.585. The fourth-order valence-corrected chi connectivity index (χ4v) is 2.20. The summed E-state index contributed by atoms with van der Waals surface area (Å²) in [5, 5.41) is 0. The van der Waals surface area contributed by atoms with Crippen molar-refractivity contribution < 1.29 is 4.39 Å². The number of rotatable bonds is 1. The topological polar surface area (TPSA) is 3.24 Å². The zero-order valence-electron chi connectivity index (χ0n) is 7.64. The predicted molar refractivity (Wildman–Crippen MR) is 48.0 cm³/mol. The first kappa shape index (κ1) is 8.49. The number of likely N-dealkylation sites (tertiary alicyclic amines) is 1. The summed E-state index contributed by atoms with van der Waals surface area (Å²) in [5.74, 6) is 0. The first-order valence-electron chi connectivity index (χ1n) is 5.24. The third-order valence-electron chi connectivity index (χ3n) is 3.24. The summed E-state index contributed by atoms with van der Waals surface area (Å²) in [6.07, 6.45) is 6.52. The highest BCUT2D eigenvalue weighted by Gasteiger charge is 2.27. The number of hydrogen-bond acceptors (Lipinski definition) is 1. The summed E-state index contributed by atoms with van der Waals surface area (Å²) in [4.78, 5) is 2.38. The van der Waals surface area contributed by atoms with Crippen molar-refractivity contribution in [2.24, 2.45) is 0 Å². The minimum absolute atomic E-state index is 0.548. The molecule has 1 nitrogen and oxygen atoms in total. The predicted octanol–water partition coefficient (Wildman–Crippen LogP) is 2.36. The molecule has 70 valence electrons. The summed E-state index contributed by atoms with van der Waals surface area (Å²) in [6.45, 7) is 1.86. The molecule has 1 heterocycles. The maximum absolute atomic E-state index is 13.2. The third kappa shape index (κ3) is 1.79. The van der Waals surface area contributed by atoms with Crippen LogP contribution in [-0.2, 0) is 0 Å². The lowest BCUT2D eigenvalue weighted by atomic mass is 9.91. The van der Waals surface area contributed by atoms with E-state index in [0.29, 0.717) is 6.54 Å². The summed E-state index contributed by atoms with van der Waals surface area (Å²) >= 11 is 0. The van der Waals surface area contributed by atoms with E-state index in [1.165, 1.54) is 25.7 Å². The van der Waals surface area contributed by atoms with Crippen LogP contribution in [0.2, 0.25) is 0 Å². The Morgan fingerprint density at radius 3 is 2.50 bits per heavy atom. The highest BCUT2D eigenvalue weighted by Crippen LogP contribution is 2.27. The van der Waals surface area contributed by atoms with Gasteiger partial charge >= 0.3 is 0 Å². The Labute approximate surface area is 73.9 Å². The molecule has 0 radical (unpaired) electrons. The van der Waals surface area contributed by atoms with Crippen molar-refractivity contribution in [3.63, 3.8) is 0 Å². The second-order valence-corrected chi connectivity index (χ2v) is 4.17. The van der Waals surface area contributed by atoms with Crippen LogP contribution in [0.5, 0.6) is 0 Å². The highest BCUT2D eigenvalue weighted by atomic mass is 19.1. The minimum Gasteiger partial charge on any atom is -0.298 e. The Kier molecular flexibility index (Phi) is 2.64. The van der Waals surface area contributed by atoms with Crippen LogP contribution >= 0.6 is 0 Å². The molecular formula is C10H18FN. The van der Waals surface area contributed by atoms with Crippen LogP contribution in [0.25, 0.3) is 0 Å². The standard InChI is InChI=1S/C10H18FN/c11-9-4-1-2-7-12(8-9)10-5-3-6-10/h9-10H,1-8H2. The molecule has 12 heavy (non-hydrogen) atoms. The number of hydrogen-bond donors (Lipinski definition) is 0. The molecule has 2 heteroatoms. The van der Waals surface area contributed by atoms with E-state index in [1.54, 1.807) is 0 Å². The van der Waals surface area contributed by atoms with Crippen molar-refractivity contribution in [3.8, 4) is 0 Å². The first-order chi connectivity index (χ1) is 5.86. The molecular weight excluding hydrogens is 153 g/mol. The lowest BCUT2D eigenvalue weighted by molar-refractivity contribution is 0.105. The van der Waals surface area contributed by atoms with E-state index in [1.807, 2.05) is 0 Å². The van der Waals surface area contributed by atoms with Crippen LogP contribution in [0.4, 0.5) is 4.39 Å². The van der Waals surface area contributed by atoms with Gasteiger partial charge in [0.25, 0.3) is 0 Å². The molecule has 0 aromatic carbocycles. The Bertz CT molecular complexity index is 145. The molecule has 1 aliphatic heterocycles. The zero-order valence-corrected chi connectivity index (χ0v) is 7.64. The lowest BCUT2D eigenvalue weighted by Crippen LogP contribution is -2.42. The average molecular weight is 171 g/mol. The molecule has 0 N–H and O–H groups in total. The van der Waals surface area contributed by atoms with Crippen LogP contribution in [-0.4, -0.2) is 30.2 Å². The molecule has 0 amide bonds. The third-order valence-corrected chi connectivity index (χ3v) is 3.24. The van der Waals surface area contributed by atoms with Crippen LogP contribution in [0.1, 0.15) is 38.5 Å². The number of nitrogens with zero attached hydrogens (tertiary/aromatic N) is 1. The van der Waals surface area contributed by atoms with E-state index >= 15 is 0 Å². The van der Waals surface area contributed by atoms with Gasteiger partial charge in [-0.2, -0.15) is 0 Å². The summed E-state index contributed by atoms with van der Waals surface area (Å²) in [7, 11) is 0. The fraction of sp³-hybridized carbons (Fsp3) is 1.00. The van der Waals surface area contributed by atoms with Gasteiger partial charge in [-0.15, -0.1) is 0 Å². The largest absolute Gasteiger partial charge is 0.298 e. The molecule has 1 saturated carbocycles. The molecule has 1 unspecified atom stereocenters. The smallest absolute Gasteiger partial charge is 0.113 e. The second-order valence-electron chi connectivity index (χ2n) is 4.17. The highest BCUT2D eigenvalue weighted by molar-refractivity contribution is 4.83. The van der Waals surface area contributed by atoms with E-state index in [9.17, 15) is 4.39 Å². The van der Waals surface area contributed by atoms with Gasteiger partial charge in [0.05, 0.1) is 0 Å². The van der Waals surface area contributed by atoms with Gasteiger partial charge < -0.3 is 0 Å². The van der Waals surface area contributed by atoms with Crippen molar-refractivity contribution >= 4 is 0 Å². The van der Waals surface area contributed by atoms with E-state index in [2.05, 4.69) is 4.90 Å². The maximum Gasteiger partial charge on any atom is 0.113 e. The zero-order chi connectivity index (χ0) is 8.39. The monoisotopic (exact) mass is 171 g/mol. The molecule has 0 aromatic heterocycles. The second kappa shape index (κ2) is 3.73. The molecule has 2 aliphatic rings. The van der Waals surface area contributed by atoms with Crippen molar-refractivity contribution in [1.82, 2.24) is 4.90 Å². The van der Waals surface area contributed by atoms with Gasteiger partial charge in [-0.3, -0.25) is 4.90 Å². The van der Waals surface area contributed by atoms with Crippen LogP contribution in [0.15, 0.2) is 0 Å². The molecule has 1 saturated heterocycles. The minimum atomic E-state index is -0.548. The summed E-state index contributed by atoms with van der Waals surface area (Å²) < 4.78 is 13.2. The molecule has 1 atom stereocenters. The Hall–Kier alpha value is -0.110. The van der Waals surface area contributed by atoms with Gasteiger partial charge in [0.2, 0.25) is 0 Å². The van der Waals surface area contributed by atoms with Gasteiger partial charge in [-0.25, -0.2) is 4.39 Å². The van der Waals surface area contributed by atoms with Crippen LogP contribution < -0.4 is 0 Å². The van der Waals surface area contributed by atoms with Crippen LogP contribution in [0, 0.1) is 0 Å². The molecule has 0 bridgehead atoms.